The summed E-state index contributed by atoms with van der Waals surface area (Å²) in [6.45, 7) is 3.91. The van der Waals surface area contributed by atoms with E-state index in [1.54, 1.807) is 0 Å². The van der Waals surface area contributed by atoms with Crippen LogP contribution in [0.1, 0.15) is 47.3 Å². The van der Waals surface area contributed by atoms with Crippen molar-refractivity contribution in [1.82, 2.24) is 10.3 Å². The standard InChI is InChI=1S/C18H22N2O2/c1-11-3-8-17-13(9-11)10-16(12(2)19-17)18(22)20-14-4-6-15(21)7-5-14/h3,8-10,14-15,21H,4-7H2,1-2H3,(H,20,22). The van der Waals surface area contributed by atoms with Crippen LogP contribution in [0.4, 0.5) is 0 Å². The van der Waals surface area contributed by atoms with E-state index in [1.807, 2.05) is 32.0 Å². The maximum Gasteiger partial charge on any atom is 0.253 e. The molecule has 1 aromatic heterocycles. The lowest BCUT2D eigenvalue weighted by Crippen LogP contribution is -2.38. The van der Waals surface area contributed by atoms with Crippen LogP contribution in [0.25, 0.3) is 10.9 Å². The number of aromatic nitrogens is 1. The summed E-state index contributed by atoms with van der Waals surface area (Å²) in [7, 11) is 0. The Bertz CT molecular complexity index is 704. The Labute approximate surface area is 130 Å². The van der Waals surface area contributed by atoms with Gasteiger partial charge in [0.25, 0.3) is 5.91 Å². The first-order valence-corrected chi connectivity index (χ1v) is 7.90. The minimum Gasteiger partial charge on any atom is -0.393 e. The van der Waals surface area contributed by atoms with Gasteiger partial charge in [-0.15, -0.1) is 0 Å². The number of hydrogen-bond acceptors (Lipinski definition) is 3. The van der Waals surface area contributed by atoms with Crippen molar-refractivity contribution in [3.05, 3.63) is 41.1 Å². The van der Waals surface area contributed by atoms with Crippen LogP contribution < -0.4 is 5.32 Å². The van der Waals surface area contributed by atoms with Crippen molar-refractivity contribution in [2.45, 2.75) is 51.7 Å². The quantitative estimate of drug-likeness (QED) is 0.896. The number of hydrogen-bond donors (Lipinski definition) is 2. The monoisotopic (exact) mass is 298 g/mol. The molecule has 0 unspecified atom stereocenters. The molecular formula is C18H22N2O2. The van der Waals surface area contributed by atoms with Gasteiger partial charge in [-0.05, 0) is 57.7 Å². The molecule has 1 fully saturated rings. The topological polar surface area (TPSA) is 62.2 Å². The zero-order valence-electron chi connectivity index (χ0n) is 13.1. The molecule has 1 amide bonds. The number of benzene rings is 1. The molecule has 22 heavy (non-hydrogen) atoms. The second-order valence-corrected chi connectivity index (χ2v) is 6.30. The van der Waals surface area contributed by atoms with Gasteiger partial charge >= 0.3 is 0 Å². The van der Waals surface area contributed by atoms with Gasteiger partial charge in [-0.1, -0.05) is 11.6 Å². The second kappa shape index (κ2) is 6.05. The Morgan fingerprint density at radius 1 is 1.18 bits per heavy atom. The summed E-state index contributed by atoms with van der Waals surface area (Å²) < 4.78 is 0. The van der Waals surface area contributed by atoms with E-state index in [9.17, 15) is 9.90 Å². The first-order chi connectivity index (χ1) is 10.5. The third-order valence-corrected chi connectivity index (χ3v) is 4.44. The highest BCUT2D eigenvalue weighted by molar-refractivity contribution is 5.98. The lowest BCUT2D eigenvalue weighted by atomic mass is 9.93. The number of amides is 1. The van der Waals surface area contributed by atoms with Gasteiger partial charge in [0.2, 0.25) is 0 Å². The number of aliphatic hydroxyl groups excluding tert-OH is 1. The number of fused-ring (bicyclic) bond motifs is 1. The van der Waals surface area contributed by atoms with Crippen molar-refractivity contribution in [2.24, 2.45) is 0 Å². The maximum absolute atomic E-state index is 12.5. The number of aryl methyl sites for hydroxylation is 2. The van der Waals surface area contributed by atoms with Crippen LogP contribution in [0.5, 0.6) is 0 Å². The molecule has 2 aromatic rings. The third kappa shape index (κ3) is 3.12. The molecule has 0 saturated heterocycles. The zero-order valence-corrected chi connectivity index (χ0v) is 13.1. The molecule has 1 aliphatic carbocycles. The zero-order chi connectivity index (χ0) is 15.7. The highest BCUT2D eigenvalue weighted by atomic mass is 16.3. The lowest BCUT2D eigenvalue weighted by Gasteiger charge is -2.26. The highest BCUT2D eigenvalue weighted by Crippen LogP contribution is 2.21. The molecule has 0 atom stereocenters. The summed E-state index contributed by atoms with van der Waals surface area (Å²) in [4.78, 5) is 17.1. The van der Waals surface area contributed by atoms with Crippen LogP contribution in [0.2, 0.25) is 0 Å². The molecule has 116 valence electrons. The molecule has 0 spiro atoms. The largest absolute Gasteiger partial charge is 0.393 e. The first-order valence-electron chi connectivity index (χ1n) is 7.90. The molecule has 1 saturated carbocycles. The van der Waals surface area contributed by atoms with E-state index in [4.69, 9.17) is 0 Å². The molecule has 3 rings (SSSR count). The number of aliphatic hydroxyl groups is 1. The molecule has 0 aliphatic heterocycles. The number of nitrogens with zero attached hydrogens (tertiary/aromatic N) is 1. The summed E-state index contributed by atoms with van der Waals surface area (Å²) in [5, 5.41) is 13.6. The van der Waals surface area contributed by atoms with E-state index in [1.165, 1.54) is 0 Å². The average Bonchev–Trinajstić information content (AvgIpc) is 2.49. The number of pyridine rings is 1. The number of carbonyl (C=O) groups excluding carboxylic acids is 1. The summed E-state index contributed by atoms with van der Waals surface area (Å²) in [5.74, 6) is -0.0604. The van der Waals surface area contributed by atoms with Crippen LogP contribution >= 0.6 is 0 Å². The summed E-state index contributed by atoms with van der Waals surface area (Å²) >= 11 is 0. The van der Waals surface area contributed by atoms with Crippen molar-refractivity contribution < 1.29 is 9.90 Å². The van der Waals surface area contributed by atoms with Crippen molar-refractivity contribution in [2.75, 3.05) is 0 Å². The van der Waals surface area contributed by atoms with E-state index in [-0.39, 0.29) is 18.1 Å². The molecule has 1 aliphatic rings. The van der Waals surface area contributed by atoms with Gasteiger partial charge in [0, 0.05) is 11.4 Å². The SMILES string of the molecule is Cc1ccc2nc(C)c(C(=O)NC3CCC(O)CC3)cc2c1. The fourth-order valence-corrected chi connectivity index (χ4v) is 3.11. The Hall–Kier alpha value is -1.94. The number of nitrogens with one attached hydrogen (secondary N) is 1. The number of rotatable bonds is 2. The van der Waals surface area contributed by atoms with E-state index in [0.717, 1.165) is 47.8 Å². The summed E-state index contributed by atoms with van der Waals surface area (Å²) in [6, 6.07) is 8.15. The lowest BCUT2D eigenvalue weighted by molar-refractivity contribution is 0.0867. The second-order valence-electron chi connectivity index (χ2n) is 6.30. The Balaban J connectivity index is 1.82. The van der Waals surface area contributed by atoms with Gasteiger partial charge in [-0.3, -0.25) is 9.78 Å². The van der Waals surface area contributed by atoms with Gasteiger partial charge in [0.15, 0.2) is 0 Å². The minimum atomic E-state index is -0.208. The third-order valence-electron chi connectivity index (χ3n) is 4.44. The summed E-state index contributed by atoms with van der Waals surface area (Å²) in [5.41, 5.74) is 3.47. The van der Waals surface area contributed by atoms with Gasteiger partial charge in [-0.2, -0.15) is 0 Å². The van der Waals surface area contributed by atoms with E-state index >= 15 is 0 Å². The van der Waals surface area contributed by atoms with Crippen molar-refractivity contribution in [1.29, 1.82) is 0 Å². The van der Waals surface area contributed by atoms with Crippen LogP contribution in [0, 0.1) is 13.8 Å². The Morgan fingerprint density at radius 3 is 2.64 bits per heavy atom. The molecular weight excluding hydrogens is 276 g/mol. The Morgan fingerprint density at radius 2 is 1.91 bits per heavy atom. The number of carbonyl (C=O) groups is 1. The predicted octanol–water partition coefficient (Wildman–Crippen LogP) is 2.88. The maximum atomic E-state index is 12.5. The van der Waals surface area contributed by atoms with E-state index in [2.05, 4.69) is 16.4 Å². The molecule has 4 heteroatoms. The Kier molecular flexibility index (Phi) is 4.12. The van der Waals surface area contributed by atoms with Crippen LogP contribution in [0.3, 0.4) is 0 Å². The van der Waals surface area contributed by atoms with Crippen molar-refractivity contribution in [3.8, 4) is 0 Å². The van der Waals surface area contributed by atoms with Crippen LogP contribution in [0.15, 0.2) is 24.3 Å². The highest BCUT2D eigenvalue weighted by Gasteiger charge is 2.22. The van der Waals surface area contributed by atoms with Gasteiger partial charge in [-0.25, -0.2) is 0 Å². The predicted molar refractivity (Wildman–Crippen MR) is 86.9 cm³/mol. The minimum absolute atomic E-state index is 0.0604. The first kappa shape index (κ1) is 15.0. The average molecular weight is 298 g/mol. The van der Waals surface area contributed by atoms with Crippen LogP contribution in [-0.2, 0) is 0 Å². The molecule has 0 radical (unpaired) electrons. The molecule has 2 N–H and O–H groups in total. The van der Waals surface area contributed by atoms with Gasteiger partial charge < -0.3 is 10.4 Å². The van der Waals surface area contributed by atoms with Gasteiger partial charge in [0.05, 0.1) is 22.9 Å². The van der Waals surface area contributed by atoms with Crippen molar-refractivity contribution in [3.63, 3.8) is 0 Å². The van der Waals surface area contributed by atoms with Crippen molar-refractivity contribution >= 4 is 16.8 Å². The fourth-order valence-electron chi connectivity index (χ4n) is 3.11. The summed E-state index contributed by atoms with van der Waals surface area (Å²) in [6.07, 6.45) is 3.00. The van der Waals surface area contributed by atoms with Crippen LogP contribution in [-0.4, -0.2) is 28.1 Å². The van der Waals surface area contributed by atoms with Gasteiger partial charge in [0.1, 0.15) is 0 Å². The molecule has 1 aromatic carbocycles. The van der Waals surface area contributed by atoms with E-state index in [0.29, 0.717) is 5.56 Å². The fraction of sp³-hybridized carbons (Fsp3) is 0.444. The molecule has 1 heterocycles. The van der Waals surface area contributed by atoms with E-state index < -0.39 is 0 Å². The molecule has 0 bridgehead atoms. The molecule has 4 nitrogen and oxygen atoms in total. The smallest absolute Gasteiger partial charge is 0.253 e. The normalized spacial score (nSPS) is 21.8.